The van der Waals surface area contributed by atoms with E-state index in [2.05, 4.69) is 5.32 Å². The van der Waals surface area contributed by atoms with Crippen molar-refractivity contribution in [3.8, 4) is 6.07 Å². The van der Waals surface area contributed by atoms with Gasteiger partial charge in [0.1, 0.15) is 6.04 Å². The van der Waals surface area contributed by atoms with E-state index in [1.54, 1.807) is 6.92 Å². The zero-order valence-electron chi connectivity index (χ0n) is 6.65. The monoisotopic (exact) mass is 170 g/mol. The number of carboxylic acid groups (broad SMARTS) is 1. The van der Waals surface area contributed by atoms with E-state index in [0.717, 1.165) is 0 Å². The minimum atomic E-state index is -0.945. The van der Waals surface area contributed by atoms with Crippen LogP contribution in [-0.4, -0.2) is 35.9 Å². The smallest absolute Gasteiger partial charge is 0.323 e. The van der Waals surface area contributed by atoms with Crippen molar-refractivity contribution >= 4 is 5.97 Å². The molecular formula is C7H10N2O3. The van der Waals surface area contributed by atoms with Crippen molar-refractivity contribution in [3.63, 3.8) is 0 Å². The van der Waals surface area contributed by atoms with Crippen LogP contribution in [0.5, 0.6) is 0 Å². The summed E-state index contributed by atoms with van der Waals surface area (Å²) in [7, 11) is 0. The largest absolute Gasteiger partial charge is 0.480 e. The first-order chi connectivity index (χ1) is 5.65. The summed E-state index contributed by atoms with van der Waals surface area (Å²) in [5, 5.41) is 19.8. The molecule has 1 heterocycles. The molecule has 12 heavy (non-hydrogen) atoms. The number of nitrogens with one attached hydrogen (secondary N) is 1. The molecule has 0 aromatic carbocycles. The minimum Gasteiger partial charge on any atom is -0.480 e. The lowest BCUT2D eigenvalue weighted by Gasteiger charge is -2.29. The third-order valence-corrected chi connectivity index (χ3v) is 1.78. The average Bonchev–Trinajstić information content (AvgIpc) is 2.03. The van der Waals surface area contributed by atoms with Gasteiger partial charge in [-0.1, -0.05) is 0 Å². The van der Waals surface area contributed by atoms with Gasteiger partial charge in [0.15, 0.2) is 6.10 Å². The Morgan fingerprint density at radius 1 is 1.83 bits per heavy atom. The van der Waals surface area contributed by atoms with Crippen molar-refractivity contribution in [2.75, 3.05) is 6.54 Å². The summed E-state index contributed by atoms with van der Waals surface area (Å²) in [5.74, 6) is -0.945. The fourth-order valence-electron chi connectivity index (χ4n) is 1.15. The van der Waals surface area contributed by atoms with Gasteiger partial charge in [0.05, 0.1) is 12.2 Å². The fourth-order valence-corrected chi connectivity index (χ4v) is 1.15. The van der Waals surface area contributed by atoms with Gasteiger partial charge in [0.2, 0.25) is 0 Å². The molecule has 0 amide bonds. The first-order valence-electron chi connectivity index (χ1n) is 3.66. The van der Waals surface area contributed by atoms with E-state index in [4.69, 9.17) is 15.1 Å². The van der Waals surface area contributed by atoms with Crippen LogP contribution in [0.2, 0.25) is 0 Å². The van der Waals surface area contributed by atoms with Crippen molar-refractivity contribution in [2.45, 2.75) is 25.2 Å². The van der Waals surface area contributed by atoms with Crippen LogP contribution in [0.3, 0.4) is 0 Å². The number of ether oxygens (including phenoxy) is 1. The Morgan fingerprint density at radius 2 is 2.50 bits per heavy atom. The summed E-state index contributed by atoms with van der Waals surface area (Å²) in [4.78, 5) is 10.5. The molecule has 0 bridgehead atoms. The highest BCUT2D eigenvalue weighted by Gasteiger charge is 2.32. The van der Waals surface area contributed by atoms with Crippen molar-refractivity contribution < 1.29 is 14.6 Å². The van der Waals surface area contributed by atoms with Crippen LogP contribution in [0.1, 0.15) is 6.92 Å². The van der Waals surface area contributed by atoms with Crippen LogP contribution in [0.15, 0.2) is 0 Å². The molecule has 0 saturated carbocycles. The van der Waals surface area contributed by atoms with E-state index in [-0.39, 0.29) is 6.54 Å². The van der Waals surface area contributed by atoms with Gasteiger partial charge in [0.25, 0.3) is 0 Å². The Hall–Kier alpha value is -1.12. The summed E-state index contributed by atoms with van der Waals surface area (Å²) in [6.07, 6.45) is -0.989. The predicted octanol–water partition coefficient (Wildman–Crippen LogP) is -0.660. The van der Waals surface area contributed by atoms with Crippen LogP contribution in [0.4, 0.5) is 0 Å². The van der Waals surface area contributed by atoms with Gasteiger partial charge in [0, 0.05) is 6.54 Å². The highest BCUT2D eigenvalue weighted by atomic mass is 16.5. The maximum atomic E-state index is 10.5. The predicted molar refractivity (Wildman–Crippen MR) is 39.4 cm³/mol. The molecule has 3 unspecified atom stereocenters. The van der Waals surface area contributed by atoms with Gasteiger partial charge in [-0.15, -0.1) is 0 Å². The molecule has 1 aliphatic heterocycles. The standard InChI is InChI=1S/C7H10N2O3/c1-4-6(7(10)11)9-3-5(2-8)12-4/h4-6,9H,3H2,1H3,(H,10,11). The summed E-state index contributed by atoms with van der Waals surface area (Å²) < 4.78 is 5.10. The maximum Gasteiger partial charge on any atom is 0.323 e. The first kappa shape index (κ1) is 8.97. The molecule has 1 fully saturated rings. The number of aliphatic carboxylic acids is 1. The second kappa shape index (κ2) is 3.52. The Labute approximate surface area is 69.9 Å². The second-order valence-electron chi connectivity index (χ2n) is 2.68. The number of hydrogen-bond acceptors (Lipinski definition) is 4. The van der Waals surface area contributed by atoms with Gasteiger partial charge in [-0.25, -0.2) is 0 Å². The van der Waals surface area contributed by atoms with E-state index >= 15 is 0 Å². The summed E-state index contributed by atoms with van der Waals surface area (Å²) in [6.45, 7) is 1.91. The molecule has 5 nitrogen and oxygen atoms in total. The zero-order chi connectivity index (χ0) is 9.14. The molecule has 3 atom stereocenters. The normalized spacial score (nSPS) is 35.5. The Morgan fingerprint density at radius 3 is 2.92 bits per heavy atom. The average molecular weight is 170 g/mol. The van der Waals surface area contributed by atoms with Gasteiger partial charge in [-0.05, 0) is 6.92 Å². The zero-order valence-corrected chi connectivity index (χ0v) is 6.65. The lowest BCUT2D eigenvalue weighted by atomic mass is 10.1. The van der Waals surface area contributed by atoms with E-state index < -0.39 is 24.2 Å². The minimum absolute atomic E-state index is 0.276. The number of nitrogens with zero attached hydrogens (tertiary/aromatic N) is 1. The van der Waals surface area contributed by atoms with Gasteiger partial charge in [-0.2, -0.15) is 5.26 Å². The van der Waals surface area contributed by atoms with E-state index in [0.29, 0.717) is 0 Å². The first-order valence-corrected chi connectivity index (χ1v) is 3.66. The molecule has 0 aromatic rings. The van der Waals surface area contributed by atoms with Crippen molar-refractivity contribution in [1.82, 2.24) is 5.32 Å². The van der Waals surface area contributed by atoms with Crippen molar-refractivity contribution in [2.24, 2.45) is 0 Å². The van der Waals surface area contributed by atoms with Crippen LogP contribution >= 0.6 is 0 Å². The summed E-state index contributed by atoms with van der Waals surface area (Å²) in [5.41, 5.74) is 0. The Bertz CT molecular complexity index is 223. The quantitative estimate of drug-likeness (QED) is 0.546. The third kappa shape index (κ3) is 1.72. The molecule has 66 valence electrons. The van der Waals surface area contributed by atoms with E-state index in [9.17, 15) is 4.79 Å². The molecule has 5 heteroatoms. The molecule has 1 rings (SSSR count). The highest BCUT2D eigenvalue weighted by molar-refractivity contribution is 5.74. The highest BCUT2D eigenvalue weighted by Crippen LogP contribution is 2.08. The number of hydrogen-bond donors (Lipinski definition) is 2. The number of morpholine rings is 1. The Balaban J connectivity index is 2.55. The summed E-state index contributed by atoms with van der Waals surface area (Å²) in [6, 6.07) is 1.22. The molecule has 0 radical (unpaired) electrons. The number of nitriles is 1. The fraction of sp³-hybridized carbons (Fsp3) is 0.714. The lowest BCUT2D eigenvalue weighted by Crippen LogP contribution is -2.54. The van der Waals surface area contributed by atoms with Crippen molar-refractivity contribution in [3.05, 3.63) is 0 Å². The topological polar surface area (TPSA) is 82.3 Å². The molecule has 0 aliphatic carbocycles. The molecule has 1 saturated heterocycles. The van der Waals surface area contributed by atoms with E-state index in [1.807, 2.05) is 6.07 Å². The van der Waals surface area contributed by atoms with Gasteiger partial charge < -0.3 is 9.84 Å². The lowest BCUT2D eigenvalue weighted by molar-refractivity contribution is -0.147. The third-order valence-electron chi connectivity index (χ3n) is 1.78. The summed E-state index contributed by atoms with van der Waals surface area (Å²) >= 11 is 0. The van der Waals surface area contributed by atoms with Crippen LogP contribution in [-0.2, 0) is 9.53 Å². The molecule has 0 aromatic heterocycles. The van der Waals surface area contributed by atoms with Crippen LogP contribution in [0, 0.1) is 11.3 Å². The number of rotatable bonds is 1. The molecule has 0 spiro atoms. The van der Waals surface area contributed by atoms with Crippen LogP contribution in [0.25, 0.3) is 0 Å². The van der Waals surface area contributed by atoms with Gasteiger partial charge in [-0.3, -0.25) is 10.1 Å². The number of carbonyl (C=O) groups is 1. The molecule has 1 aliphatic rings. The second-order valence-corrected chi connectivity index (χ2v) is 2.68. The SMILES string of the molecule is CC1OC(C#N)CNC1C(=O)O. The van der Waals surface area contributed by atoms with Gasteiger partial charge >= 0.3 is 5.97 Å². The van der Waals surface area contributed by atoms with Crippen LogP contribution < -0.4 is 5.32 Å². The molecular weight excluding hydrogens is 160 g/mol. The Kier molecular flexibility index (Phi) is 2.63. The number of carboxylic acids is 1. The molecule has 2 N–H and O–H groups in total. The van der Waals surface area contributed by atoms with E-state index in [1.165, 1.54) is 0 Å². The maximum absolute atomic E-state index is 10.5. The van der Waals surface area contributed by atoms with Crippen molar-refractivity contribution in [1.29, 1.82) is 5.26 Å².